The zero-order chi connectivity index (χ0) is 24.9. The van der Waals surface area contributed by atoms with Gasteiger partial charge in [0.2, 0.25) is 5.91 Å². The number of ether oxygens (including phenoxy) is 1. The number of H-pyrrole nitrogens is 1. The number of nitrogens with one attached hydrogen (secondary N) is 2. The standard InChI is InChI=1S/C30H31N3O3/c1-36-25-12-8-23(9-13-25)27(28-19-31-29-5-3-2-4-26(28)29)18-32-30(35)20-33-16-14-22(15-17-33)21-6-10-24(34)11-7-21/h2-14,19,27,31,34H,15-18,20H2,1H3,(H,32,35)/t27-/m1/s1. The summed E-state index contributed by atoms with van der Waals surface area (Å²) in [6.45, 7) is 2.43. The van der Waals surface area contributed by atoms with E-state index in [1.807, 2.05) is 42.6 Å². The van der Waals surface area contributed by atoms with Gasteiger partial charge in [-0.2, -0.15) is 0 Å². The summed E-state index contributed by atoms with van der Waals surface area (Å²) in [6.07, 6.45) is 5.10. The second-order valence-corrected chi connectivity index (χ2v) is 9.18. The van der Waals surface area contributed by atoms with Crippen molar-refractivity contribution in [2.45, 2.75) is 12.3 Å². The van der Waals surface area contributed by atoms with Crippen LogP contribution in [-0.2, 0) is 4.79 Å². The first-order chi connectivity index (χ1) is 17.6. The summed E-state index contributed by atoms with van der Waals surface area (Å²) in [5.41, 5.74) is 5.75. The molecule has 4 aromatic rings. The summed E-state index contributed by atoms with van der Waals surface area (Å²) in [4.78, 5) is 18.5. The molecule has 1 aliphatic heterocycles. The Kier molecular flexibility index (Phi) is 7.05. The van der Waals surface area contributed by atoms with E-state index in [2.05, 4.69) is 45.5 Å². The van der Waals surface area contributed by atoms with E-state index in [4.69, 9.17) is 4.74 Å². The molecule has 3 N–H and O–H groups in total. The fourth-order valence-corrected chi connectivity index (χ4v) is 4.89. The van der Waals surface area contributed by atoms with E-state index in [0.717, 1.165) is 52.9 Å². The van der Waals surface area contributed by atoms with Gasteiger partial charge in [0, 0.05) is 42.7 Å². The molecule has 0 saturated heterocycles. The summed E-state index contributed by atoms with van der Waals surface area (Å²) in [5.74, 6) is 1.12. The lowest BCUT2D eigenvalue weighted by Crippen LogP contribution is -2.40. The summed E-state index contributed by atoms with van der Waals surface area (Å²) >= 11 is 0. The molecule has 0 radical (unpaired) electrons. The summed E-state index contributed by atoms with van der Waals surface area (Å²) in [6, 6.07) is 23.6. The minimum absolute atomic E-state index is 0.0124. The van der Waals surface area contributed by atoms with Gasteiger partial charge >= 0.3 is 0 Å². The second kappa shape index (κ2) is 10.7. The summed E-state index contributed by atoms with van der Waals surface area (Å²) in [5, 5.41) is 13.9. The van der Waals surface area contributed by atoms with Crippen LogP contribution in [0.4, 0.5) is 0 Å². The van der Waals surface area contributed by atoms with Gasteiger partial charge < -0.3 is 20.1 Å². The van der Waals surface area contributed by atoms with Crippen molar-refractivity contribution >= 4 is 22.4 Å². The van der Waals surface area contributed by atoms with E-state index in [1.165, 1.54) is 5.57 Å². The highest BCUT2D eigenvalue weighted by Gasteiger charge is 2.21. The van der Waals surface area contributed by atoms with E-state index >= 15 is 0 Å². The molecule has 0 saturated carbocycles. The molecule has 0 unspecified atom stereocenters. The Morgan fingerprint density at radius 1 is 1.08 bits per heavy atom. The monoisotopic (exact) mass is 481 g/mol. The van der Waals surface area contributed by atoms with Gasteiger partial charge in [0.25, 0.3) is 0 Å². The smallest absolute Gasteiger partial charge is 0.234 e. The number of nitrogens with zero attached hydrogens (tertiary/aromatic N) is 1. The number of para-hydroxylation sites is 1. The molecule has 3 aromatic carbocycles. The number of methoxy groups -OCH3 is 1. The Labute approximate surface area is 211 Å². The lowest BCUT2D eigenvalue weighted by atomic mass is 9.90. The van der Waals surface area contributed by atoms with Crippen molar-refractivity contribution in [2.75, 3.05) is 33.3 Å². The molecule has 6 nitrogen and oxygen atoms in total. The average Bonchev–Trinajstić information content (AvgIpc) is 3.34. The van der Waals surface area contributed by atoms with E-state index in [0.29, 0.717) is 13.1 Å². The van der Waals surface area contributed by atoms with Crippen LogP contribution >= 0.6 is 0 Å². The molecule has 1 aliphatic rings. The number of carbonyl (C=O) groups is 1. The molecule has 2 heterocycles. The molecule has 184 valence electrons. The van der Waals surface area contributed by atoms with Crippen LogP contribution in [0.1, 0.15) is 29.0 Å². The molecule has 1 amide bonds. The van der Waals surface area contributed by atoms with Crippen molar-refractivity contribution < 1.29 is 14.6 Å². The van der Waals surface area contributed by atoms with E-state index < -0.39 is 0 Å². The zero-order valence-electron chi connectivity index (χ0n) is 20.4. The third-order valence-electron chi connectivity index (χ3n) is 6.92. The number of phenolic OH excluding ortho intramolecular Hbond substituents is 1. The van der Waals surface area contributed by atoms with Gasteiger partial charge in [-0.05, 0) is 59.0 Å². The number of aromatic nitrogens is 1. The first kappa shape index (κ1) is 23.7. The van der Waals surface area contributed by atoms with Crippen molar-refractivity contribution in [3.05, 3.63) is 102 Å². The molecular weight excluding hydrogens is 450 g/mol. The molecule has 0 bridgehead atoms. The normalized spacial score (nSPS) is 14.9. The topological polar surface area (TPSA) is 77.6 Å². The van der Waals surface area contributed by atoms with Crippen molar-refractivity contribution in [3.8, 4) is 11.5 Å². The van der Waals surface area contributed by atoms with Gasteiger partial charge in [0.15, 0.2) is 0 Å². The van der Waals surface area contributed by atoms with Crippen LogP contribution in [0.25, 0.3) is 16.5 Å². The number of hydrogen-bond donors (Lipinski definition) is 3. The molecule has 0 aliphatic carbocycles. The van der Waals surface area contributed by atoms with Gasteiger partial charge in [-0.25, -0.2) is 0 Å². The number of benzene rings is 3. The molecule has 1 aromatic heterocycles. The highest BCUT2D eigenvalue weighted by molar-refractivity contribution is 5.84. The van der Waals surface area contributed by atoms with Gasteiger partial charge in [0.1, 0.15) is 11.5 Å². The Hall–Kier alpha value is -4.03. The lowest BCUT2D eigenvalue weighted by Gasteiger charge is -2.26. The van der Waals surface area contributed by atoms with Crippen LogP contribution in [0.5, 0.6) is 11.5 Å². The number of aromatic amines is 1. The van der Waals surface area contributed by atoms with Gasteiger partial charge in [-0.15, -0.1) is 0 Å². The number of fused-ring (bicyclic) bond motifs is 1. The van der Waals surface area contributed by atoms with Gasteiger partial charge in [-0.3, -0.25) is 9.69 Å². The maximum absolute atomic E-state index is 12.9. The predicted molar refractivity (Wildman–Crippen MR) is 143 cm³/mol. The molecular formula is C30H31N3O3. The number of phenols is 1. The average molecular weight is 482 g/mol. The minimum Gasteiger partial charge on any atom is -0.508 e. The van der Waals surface area contributed by atoms with Crippen molar-refractivity contribution in [3.63, 3.8) is 0 Å². The highest BCUT2D eigenvalue weighted by atomic mass is 16.5. The van der Waals surface area contributed by atoms with Crippen molar-refractivity contribution in [2.24, 2.45) is 0 Å². The third kappa shape index (κ3) is 5.29. The lowest BCUT2D eigenvalue weighted by molar-refractivity contribution is -0.122. The zero-order valence-corrected chi connectivity index (χ0v) is 20.4. The first-order valence-electron chi connectivity index (χ1n) is 12.3. The van der Waals surface area contributed by atoms with E-state index in [-0.39, 0.29) is 17.6 Å². The molecule has 0 fully saturated rings. The SMILES string of the molecule is COc1ccc([C@@H](CNC(=O)CN2CC=C(c3ccc(O)cc3)CC2)c2c[nH]c3ccccc23)cc1. The number of hydrogen-bond acceptors (Lipinski definition) is 4. The predicted octanol–water partition coefficient (Wildman–Crippen LogP) is 4.92. The van der Waals surface area contributed by atoms with Crippen LogP contribution < -0.4 is 10.1 Å². The third-order valence-corrected chi connectivity index (χ3v) is 6.92. The highest BCUT2D eigenvalue weighted by Crippen LogP contribution is 2.31. The fourth-order valence-electron chi connectivity index (χ4n) is 4.89. The summed E-state index contributed by atoms with van der Waals surface area (Å²) < 4.78 is 5.34. The van der Waals surface area contributed by atoms with Crippen molar-refractivity contribution in [1.82, 2.24) is 15.2 Å². The van der Waals surface area contributed by atoms with Gasteiger partial charge in [-0.1, -0.05) is 48.5 Å². The maximum Gasteiger partial charge on any atom is 0.234 e. The largest absolute Gasteiger partial charge is 0.508 e. The quantitative estimate of drug-likeness (QED) is 0.334. The Morgan fingerprint density at radius 2 is 1.86 bits per heavy atom. The Balaban J connectivity index is 1.25. The van der Waals surface area contributed by atoms with E-state index in [9.17, 15) is 9.90 Å². The van der Waals surface area contributed by atoms with Crippen LogP contribution in [0.2, 0.25) is 0 Å². The van der Waals surface area contributed by atoms with Crippen molar-refractivity contribution in [1.29, 1.82) is 0 Å². The van der Waals surface area contributed by atoms with Gasteiger partial charge in [0.05, 0.1) is 13.7 Å². The molecule has 1 atom stereocenters. The molecule has 0 spiro atoms. The first-order valence-corrected chi connectivity index (χ1v) is 12.3. The van der Waals surface area contributed by atoms with E-state index in [1.54, 1.807) is 19.2 Å². The number of rotatable bonds is 8. The number of carbonyl (C=O) groups excluding carboxylic acids is 1. The number of amides is 1. The second-order valence-electron chi connectivity index (χ2n) is 9.18. The minimum atomic E-state index is 0.0124. The van der Waals surface area contributed by atoms with Crippen LogP contribution in [-0.4, -0.2) is 54.2 Å². The fraction of sp³-hybridized carbons (Fsp3) is 0.233. The van der Waals surface area contributed by atoms with Crippen LogP contribution in [0.15, 0.2) is 85.1 Å². The number of aromatic hydroxyl groups is 1. The Bertz CT molecular complexity index is 1360. The molecule has 36 heavy (non-hydrogen) atoms. The molecule has 6 heteroatoms. The maximum atomic E-state index is 12.9. The summed E-state index contributed by atoms with van der Waals surface area (Å²) in [7, 11) is 1.66. The van der Waals surface area contributed by atoms with Crippen LogP contribution in [0, 0.1) is 0 Å². The molecule has 5 rings (SSSR count). The Morgan fingerprint density at radius 3 is 2.58 bits per heavy atom. The van der Waals surface area contributed by atoms with Crippen LogP contribution in [0.3, 0.4) is 0 Å².